The number of pyridine rings is 1. The van der Waals surface area contributed by atoms with Gasteiger partial charge in [0, 0.05) is 16.7 Å². The summed E-state index contributed by atoms with van der Waals surface area (Å²) in [6, 6.07) is 21.9. The van der Waals surface area contributed by atoms with Gasteiger partial charge in [-0.3, -0.25) is 0 Å². The van der Waals surface area contributed by atoms with Crippen molar-refractivity contribution in [3.63, 3.8) is 0 Å². The number of para-hydroxylation sites is 1. The average molecular weight is 371 g/mol. The fraction of sp³-hybridized carbons (Fsp3) is 0.136. The van der Waals surface area contributed by atoms with Crippen LogP contribution in [0, 0.1) is 29.6 Å². The van der Waals surface area contributed by atoms with Crippen molar-refractivity contribution < 1.29 is 4.74 Å². The van der Waals surface area contributed by atoms with Gasteiger partial charge in [-0.1, -0.05) is 59.8 Å². The van der Waals surface area contributed by atoms with Crippen LogP contribution in [-0.4, -0.2) is 17.8 Å². The number of aryl methyl sites for hydroxylation is 1. The molecule has 0 bridgehead atoms. The smallest absolute Gasteiger partial charge is 0.126 e. The molecule has 0 N–H and O–H groups in total. The fourth-order valence-electron chi connectivity index (χ4n) is 2.79. The molecular weight excluding hydrogens is 354 g/mol. The predicted octanol–water partition coefficient (Wildman–Crippen LogP) is 5.22. The molecule has 0 radical (unpaired) electrons. The third kappa shape index (κ3) is 3.95. The van der Waals surface area contributed by atoms with Crippen molar-refractivity contribution >= 4 is 11.8 Å². The summed E-state index contributed by atoms with van der Waals surface area (Å²) in [6.07, 6.45) is 0. The molecule has 3 aromatic rings. The maximum atomic E-state index is 9.79. The van der Waals surface area contributed by atoms with E-state index in [1.54, 1.807) is 7.11 Å². The average Bonchev–Trinajstić information content (AvgIpc) is 2.72. The van der Waals surface area contributed by atoms with Crippen molar-refractivity contribution in [3.05, 3.63) is 65.7 Å². The maximum absolute atomic E-state index is 9.79. The van der Waals surface area contributed by atoms with Crippen molar-refractivity contribution in [3.8, 4) is 40.3 Å². The highest BCUT2D eigenvalue weighted by Crippen LogP contribution is 2.38. The predicted molar refractivity (Wildman–Crippen MR) is 107 cm³/mol. The van der Waals surface area contributed by atoms with E-state index in [1.165, 1.54) is 11.8 Å². The highest BCUT2D eigenvalue weighted by Gasteiger charge is 2.18. The van der Waals surface area contributed by atoms with Gasteiger partial charge in [0.25, 0.3) is 0 Å². The minimum Gasteiger partial charge on any atom is -0.496 e. The van der Waals surface area contributed by atoms with Crippen LogP contribution in [0.25, 0.3) is 22.4 Å². The lowest BCUT2D eigenvalue weighted by Crippen LogP contribution is -1.97. The molecule has 0 saturated carbocycles. The molecule has 0 saturated heterocycles. The number of ether oxygens (including phenoxy) is 1. The Labute approximate surface area is 163 Å². The second kappa shape index (κ2) is 8.40. The van der Waals surface area contributed by atoms with Crippen LogP contribution in [0.5, 0.6) is 5.75 Å². The van der Waals surface area contributed by atoms with Crippen molar-refractivity contribution in [1.29, 1.82) is 10.5 Å². The van der Waals surface area contributed by atoms with Gasteiger partial charge >= 0.3 is 0 Å². The van der Waals surface area contributed by atoms with Gasteiger partial charge < -0.3 is 4.74 Å². The second-order valence-electron chi connectivity index (χ2n) is 5.86. The Morgan fingerprint density at radius 3 is 2.44 bits per heavy atom. The van der Waals surface area contributed by atoms with E-state index < -0.39 is 0 Å². The molecule has 3 rings (SSSR count). The standard InChI is InChI=1S/C22H17N3OS/c1-15-7-9-16(10-8-15)20-13-18(17-5-3-4-6-21(17)26-2)19(14-24)22(25-20)27-12-11-23/h3-10,13H,12H2,1-2H3. The van der Waals surface area contributed by atoms with Crippen LogP contribution in [-0.2, 0) is 0 Å². The minimum absolute atomic E-state index is 0.227. The van der Waals surface area contributed by atoms with Crippen LogP contribution in [0.15, 0.2) is 59.6 Å². The molecule has 0 aliphatic rings. The Bertz CT molecular complexity index is 1050. The van der Waals surface area contributed by atoms with Gasteiger partial charge in [0.15, 0.2) is 0 Å². The summed E-state index contributed by atoms with van der Waals surface area (Å²) in [5, 5.41) is 19.3. The number of nitriles is 2. The van der Waals surface area contributed by atoms with Crippen molar-refractivity contribution in [1.82, 2.24) is 4.98 Å². The summed E-state index contributed by atoms with van der Waals surface area (Å²) >= 11 is 1.27. The van der Waals surface area contributed by atoms with E-state index in [2.05, 4.69) is 17.1 Å². The molecule has 132 valence electrons. The number of thioether (sulfide) groups is 1. The lowest BCUT2D eigenvalue weighted by molar-refractivity contribution is 0.416. The summed E-state index contributed by atoms with van der Waals surface area (Å²) in [5.74, 6) is 0.913. The molecule has 27 heavy (non-hydrogen) atoms. The number of rotatable bonds is 5. The Kier molecular flexibility index (Phi) is 5.76. The van der Waals surface area contributed by atoms with E-state index in [0.717, 1.165) is 27.9 Å². The molecule has 1 aromatic heterocycles. The Morgan fingerprint density at radius 2 is 1.78 bits per heavy atom. The monoisotopic (exact) mass is 371 g/mol. The first-order valence-electron chi connectivity index (χ1n) is 8.33. The van der Waals surface area contributed by atoms with E-state index in [-0.39, 0.29) is 5.75 Å². The van der Waals surface area contributed by atoms with E-state index >= 15 is 0 Å². The molecule has 0 unspecified atom stereocenters. The molecule has 0 aliphatic heterocycles. The molecule has 0 amide bonds. The van der Waals surface area contributed by atoms with E-state index in [9.17, 15) is 5.26 Å². The zero-order chi connectivity index (χ0) is 19.2. The molecule has 0 aliphatic carbocycles. The van der Waals surface area contributed by atoms with Crippen molar-refractivity contribution in [2.24, 2.45) is 0 Å². The van der Waals surface area contributed by atoms with E-state index in [4.69, 9.17) is 10.00 Å². The normalized spacial score (nSPS) is 10.1. The number of methoxy groups -OCH3 is 1. The minimum atomic E-state index is 0.227. The largest absolute Gasteiger partial charge is 0.496 e. The van der Waals surface area contributed by atoms with Crippen LogP contribution >= 0.6 is 11.8 Å². The quantitative estimate of drug-likeness (QED) is 0.575. The van der Waals surface area contributed by atoms with Gasteiger partial charge in [0.2, 0.25) is 0 Å². The van der Waals surface area contributed by atoms with Gasteiger partial charge in [0.1, 0.15) is 16.8 Å². The number of benzene rings is 2. The molecular formula is C22H17N3OS. The summed E-state index contributed by atoms with van der Waals surface area (Å²) in [4.78, 5) is 4.67. The molecule has 5 heteroatoms. The summed E-state index contributed by atoms with van der Waals surface area (Å²) in [5.41, 5.74) is 4.91. The van der Waals surface area contributed by atoms with Crippen molar-refractivity contribution in [2.45, 2.75) is 11.9 Å². The Balaban J connectivity index is 2.27. The van der Waals surface area contributed by atoms with Crippen LogP contribution in [0.4, 0.5) is 0 Å². The fourth-order valence-corrected chi connectivity index (χ4v) is 3.45. The maximum Gasteiger partial charge on any atom is 0.126 e. The second-order valence-corrected chi connectivity index (χ2v) is 6.82. The number of aromatic nitrogens is 1. The number of hydrogen-bond donors (Lipinski definition) is 0. The van der Waals surface area contributed by atoms with E-state index in [1.807, 2.05) is 61.5 Å². The lowest BCUT2D eigenvalue weighted by Gasteiger charge is -2.14. The molecule has 1 heterocycles. The van der Waals surface area contributed by atoms with E-state index in [0.29, 0.717) is 16.3 Å². The number of nitrogens with zero attached hydrogens (tertiary/aromatic N) is 3. The molecule has 4 nitrogen and oxygen atoms in total. The van der Waals surface area contributed by atoms with Gasteiger partial charge in [-0.25, -0.2) is 4.98 Å². The molecule has 2 aromatic carbocycles. The third-order valence-corrected chi connectivity index (χ3v) is 4.96. The first kappa shape index (κ1) is 18.5. The van der Waals surface area contributed by atoms with Crippen LogP contribution in [0.1, 0.15) is 11.1 Å². The number of hydrogen-bond acceptors (Lipinski definition) is 5. The van der Waals surface area contributed by atoms with Gasteiger partial charge in [0.05, 0.1) is 30.2 Å². The third-order valence-electron chi connectivity index (χ3n) is 4.12. The first-order chi connectivity index (χ1) is 13.2. The van der Waals surface area contributed by atoms with Crippen LogP contribution in [0.3, 0.4) is 0 Å². The van der Waals surface area contributed by atoms with Gasteiger partial charge in [-0.05, 0) is 19.1 Å². The highest BCUT2D eigenvalue weighted by molar-refractivity contribution is 7.99. The van der Waals surface area contributed by atoms with Crippen molar-refractivity contribution in [2.75, 3.05) is 12.9 Å². The first-order valence-corrected chi connectivity index (χ1v) is 9.31. The Hall–Kier alpha value is -3.28. The topological polar surface area (TPSA) is 69.7 Å². The zero-order valence-corrected chi connectivity index (χ0v) is 15.9. The van der Waals surface area contributed by atoms with Gasteiger partial charge in [-0.2, -0.15) is 10.5 Å². The summed E-state index contributed by atoms with van der Waals surface area (Å²) < 4.78 is 5.49. The highest BCUT2D eigenvalue weighted by atomic mass is 32.2. The zero-order valence-electron chi connectivity index (χ0n) is 15.1. The molecule has 0 fully saturated rings. The summed E-state index contributed by atoms with van der Waals surface area (Å²) in [7, 11) is 1.61. The Morgan fingerprint density at radius 1 is 1.04 bits per heavy atom. The van der Waals surface area contributed by atoms with Crippen LogP contribution < -0.4 is 4.74 Å². The molecule has 0 atom stereocenters. The van der Waals surface area contributed by atoms with Crippen LogP contribution in [0.2, 0.25) is 0 Å². The lowest BCUT2D eigenvalue weighted by atomic mass is 9.98. The van der Waals surface area contributed by atoms with Gasteiger partial charge in [-0.15, -0.1) is 0 Å². The summed E-state index contributed by atoms with van der Waals surface area (Å²) in [6.45, 7) is 2.03. The SMILES string of the molecule is COc1ccccc1-c1cc(-c2ccc(C)cc2)nc(SCC#N)c1C#N. The molecule has 0 spiro atoms.